The zero-order valence-corrected chi connectivity index (χ0v) is 6.57. The first-order valence-corrected chi connectivity index (χ1v) is 3.24. The van der Waals surface area contributed by atoms with E-state index in [2.05, 4.69) is 6.58 Å². The molecule has 0 aromatic rings. The molecule has 0 rings (SSSR count). The summed E-state index contributed by atoms with van der Waals surface area (Å²) in [6.45, 7) is 6.22. The Hall–Kier alpha value is -0.730. The zero-order chi connectivity index (χ0) is 9.07. The predicted octanol–water partition coefficient (Wildman–Crippen LogP) is 3.32. The SMILES string of the molecule is C=C(C)/C=C\C(C)C(F)(F)F. The first-order valence-electron chi connectivity index (χ1n) is 3.24. The van der Waals surface area contributed by atoms with Gasteiger partial charge in [0, 0.05) is 0 Å². The van der Waals surface area contributed by atoms with Gasteiger partial charge in [-0.25, -0.2) is 0 Å². The van der Waals surface area contributed by atoms with E-state index in [1.165, 1.54) is 6.08 Å². The van der Waals surface area contributed by atoms with Crippen LogP contribution in [0.5, 0.6) is 0 Å². The molecule has 0 aliphatic heterocycles. The second-order valence-corrected chi connectivity index (χ2v) is 2.54. The van der Waals surface area contributed by atoms with Crippen LogP contribution in [0.2, 0.25) is 0 Å². The maximum absolute atomic E-state index is 11.8. The van der Waals surface area contributed by atoms with Crippen molar-refractivity contribution in [2.75, 3.05) is 0 Å². The zero-order valence-electron chi connectivity index (χ0n) is 6.57. The van der Waals surface area contributed by atoms with Crippen LogP contribution in [0.15, 0.2) is 24.3 Å². The van der Waals surface area contributed by atoms with E-state index in [4.69, 9.17) is 0 Å². The summed E-state index contributed by atoms with van der Waals surface area (Å²) in [5, 5.41) is 0. The van der Waals surface area contributed by atoms with E-state index in [-0.39, 0.29) is 0 Å². The standard InChI is InChI=1S/C8H11F3/c1-6(2)4-5-7(3)8(9,10)11/h4-5,7H,1H2,2-3H3/b5-4-. The average Bonchev–Trinajstić information content (AvgIpc) is 1.80. The minimum absolute atomic E-state index is 0.626. The second-order valence-electron chi connectivity index (χ2n) is 2.54. The molecule has 0 bridgehead atoms. The third-order valence-electron chi connectivity index (χ3n) is 1.19. The first-order chi connectivity index (χ1) is 4.84. The minimum Gasteiger partial charge on any atom is -0.170 e. The van der Waals surface area contributed by atoms with Crippen molar-refractivity contribution < 1.29 is 13.2 Å². The van der Waals surface area contributed by atoms with Gasteiger partial charge < -0.3 is 0 Å². The molecule has 0 spiro atoms. The van der Waals surface area contributed by atoms with E-state index in [0.717, 1.165) is 13.0 Å². The molecule has 1 unspecified atom stereocenters. The van der Waals surface area contributed by atoms with Gasteiger partial charge in [-0.05, 0) is 6.92 Å². The summed E-state index contributed by atoms with van der Waals surface area (Å²) < 4.78 is 35.5. The minimum atomic E-state index is -4.13. The van der Waals surface area contributed by atoms with Gasteiger partial charge in [-0.2, -0.15) is 13.2 Å². The van der Waals surface area contributed by atoms with Crippen molar-refractivity contribution in [2.45, 2.75) is 20.0 Å². The van der Waals surface area contributed by atoms with E-state index < -0.39 is 12.1 Å². The van der Waals surface area contributed by atoms with Crippen LogP contribution in [-0.4, -0.2) is 6.18 Å². The Bertz CT molecular complexity index is 165. The normalized spacial score (nSPS) is 15.4. The Morgan fingerprint density at radius 3 is 2.18 bits per heavy atom. The predicted molar refractivity (Wildman–Crippen MR) is 39.2 cm³/mol. The average molecular weight is 164 g/mol. The van der Waals surface area contributed by atoms with Gasteiger partial charge in [-0.1, -0.05) is 31.2 Å². The van der Waals surface area contributed by atoms with Crippen LogP contribution in [0.25, 0.3) is 0 Å². The summed E-state index contributed by atoms with van der Waals surface area (Å²) in [5.74, 6) is -1.39. The molecule has 1 atom stereocenters. The molecule has 0 aliphatic carbocycles. The van der Waals surface area contributed by atoms with Gasteiger partial charge in [0.05, 0.1) is 5.92 Å². The smallest absolute Gasteiger partial charge is 0.170 e. The Morgan fingerprint density at radius 2 is 1.91 bits per heavy atom. The lowest BCUT2D eigenvalue weighted by molar-refractivity contribution is -0.156. The van der Waals surface area contributed by atoms with Crippen molar-refractivity contribution in [3.8, 4) is 0 Å². The van der Waals surface area contributed by atoms with Crippen molar-refractivity contribution in [1.82, 2.24) is 0 Å². The highest BCUT2D eigenvalue weighted by Crippen LogP contribution is 2.26. The van der Waals surface area contributed by atoms with E-state index >= 15 is 0 Å². The monoisotopic (exact) mass is 164 g/mol. The Labute approximate surface area is 64.4 Å². The number of allylic oxidation sites excluding steroid dienone is 3. The van der Waals surface area contributed by atoms with Crippen LogP contribution in [0.3, 0.4) is 0 Å². The lowest BCUT2D eigenvalue weighted by atomic mass is 10.1. The molecule has 3 heteroatoms. The van der Waals surface area contributed by atoms with Gasteiger partial charge in [0.2, 0.25) is 0 Å². The topological polar surface area (TPSA) is 0 Å². The summed E-state index contributed by atoms with van der Waals surface area (Å²) in [6, 6.07) is 0. The third-order valence-corrected chi connectivity index (χ3v) is 1.19. The maximum Gasteiger partial charge on any atom is 0.394 e. The summed E-state index contributed by atoms with van der Waals surface area (Å²) >= 11 is 0. The molecule has 0 aromatic carbocycles. The fraction of sp³-hybridized carbons (Fsp3) is 0.500. The lowest BCUT2D eigenvalue weighted by Gasteiger charge is -2.10. The summed E-state index contributed by atoms with van der Waals surface area (Å²) in [7, 11) is 0. The quantitative estimate of drug-likeness (QED) is 0.549. The molecule has 0 aliphatic rings. The molecule has 64 valence electrons. The lowest BCUT2D eigenvalue weighted by Crippen LogP contribution is -2.17. The van der Waals surface area contributed by atoms with E-state index in [1.807, 2.05) is 0 Å². The molecular formula is C8H11F3. The van der Waals surface area contributed by atoms with Gasteiger partial charge >= 0.3 is 6.18 Å². The molecule has 11 heavy (non-hydrogen) atoms. The molecule has 0 N–H and O–H groups in total. The van der Waals surface area contributed by atoms with Crippen LogP contribution in [0.1, 0.15) is 13.8 Å². The molecule has 0 saturated heterocycles. The van der Waals surface area contributed by atoms with Crippen molar-refractivity contribution in [3.63, 3.8) is 0 Å². The van der Waals surface area contributed by atoms with Crippen molar-refractivity contribution in [1.29, 1.82) is 0 Å². The number of hydrogen-bond donors (Lipinski definition) is 0. The molecule has 0 nitrogen and oxygen atoms in total. The molecule has 0 fully saturated rings. The van der Waals surface area contributed by atoms with Crippen LogP contribution in [-0.2, 0) is 0 Å². The fourth-order valence-corrected chi connectivity index (χ4v) is 0.418. The Kier molecular flexibility index (Phi) is 3.36. The molecule has 0 heterocycles. The van der Waals surface area contributed by atoms with Gasteiger partial charge in [-0.3, -0.25) is 0 Å². The van der Waals surface area contributed by atoms with E-state index in [9.17, 15) is 13.2 Å². The van der Waals surface area contributed by atoms with Crippen molar-refractivity contribution in [3.05, 3.63) is 24.3 Å². The molecule has 0 radical (unpaired) electrons. The molecular weight excluding hydrogens is 153 g/mol. The highest BCUT2D eigenvalue weighted by atomic mass is 19.4. The number of rotatable bonds is 2. The highest BCUT2D eigenvalue weighted by Gasteiger charge is 2.33. The summed E-state index contributed by atoms with van der Waals surface area (Å²) in [6.07, 6.45) is -1.66. The van der Waals surface area contributed by atoms with Gasteiger partial charge in [0.15, 0.2) is 0 Å². The van der Waals surface area contributed by atoms with Crippen LogP contribution in [0, 0.1) is 5.92 Å². The van der Waals surface area contributed by atoms with Gasteiger partial charge in [0.25, 0.3) is 0 Å². The van der Waals surface area contributed by atoms with Crippen LogP contribution in [0.4, 0.5) is 13.2 Å². The number of halogens is 3. The van der Waals surface area contributed by atoms with Gasteiger partial charge in [0.1, 0.15) is 0 Å². The Balaban J connectivity index is 4.07. The fourth-order valence-electron chi connectivity index (χ4n) is 0.418. The van der Waals surface area contributed by atoms with Crippen molar-refractivity contribution >= 4 is 0 Å². The van der Waals surface area contributed by atoms with Crippen LogP contribution < -0.4 is 0 Å². The largest absolute Gasteiger partial charge is 0.394 e. The second kappa shape index (κ2) is 3.60. The third kappa shape index (κ3) is 4.65. The highest BCUT2D eigenvalue weighted by molar-refractivity contribution is 5.12. The maximum atomic E-state index is 11.8. The van der Waals surface area contributed by atoms with Gasteiger partial charge in [-0.15, -0.1) is 0 Å². The van der Waals surface area contributed by atoms with E-state index in [0.29, 0.717) is 5.57 Å². The molecule has 0 aromatic heterocycles. The van der Waals surface area contributed by atoms with Crippen molar-refractivity contribution in [2.24, 2.45) is 5.92 Å². The number of alkyl halides is 3. The molecule has 0 saturated carbocycles. The first kappa shape index (κ1) is 10.3. The number of hydrogen-bond acceptors (Lipinski definition) is 0. The van der Waals surface area contributed by atoms with Crippen LogP contribution >= 0.6 is 0 Å². The summed E-state index contributed by atoms with van der Waals surface area (Å²) in [4.78, 5) is 0. The van der Waals surface area contributed by atoms with E-state index in [1.54, 1.807) is 6.92 Å². The molecule has 0 amide bonds. The Morgan fingerprint density at radius 1 is 1.45 bits per heavy atom. The summed E-state index contributed by atoms with van der Waals surface area (Å²) in [5.41, 5.74) is 0.626.